The molecule has 1 rings (SSSR count). The Morgan fingerprint density at radius 1 is 1.29 bits per heavy atom. The van der Waals surface area contributed by atoms with E-state index in [2.05, 4.69) is 6.92 Å². The summed E-state index contributed by atoms with van der Waals surface area (Å²) in [4.78, 5) is 11.4. The van der Waals surface area contributed by atoms with E-state index in [0.29, 0.717) is 5.75 Å². The molecule has 0 heterocycles. The number of allylic oxidation sites excluding steroid dienone is 1. The van der Waals surface area contributed by atoms with Crippen molar-refractivity contribution in [1.82, 2.24) is 0 Å². The lowest BCUT2D eigenvalue weighted by Gasteiger charge is -2.08. The van der Waals surface area contributed by atoms with Crippen LogP contribution in [-0.2, 0) is 11.2 Å². The Labute approximate surface area is 103 Å². The lowest BCUT2D eigenvalue weighted by molar-refractivity contribution is -0.129. The zero-order valence-corrected chi connectivity index (χ0v) is 10.6. The lowest BCUT2D eigenvalue weighted by atomic mass is 10.1. The summed E-state index contributed by atoms with van der Waals surface area (Å²) < 4.78 is 5.29. The molecule has 1 aromatic carbocycles. The fraction of sp³-hybridized carbons (Fsp3) is 0.400. The second-order valence-corrected chi connectivity index (χ2v) is 3.99. The zero-order chi connectivity index (χ0) is 12.5. The SMILES string of the molecule is CC=CC(=O)Oc1ccccc1CCCCC. The summed E-state index contributed by atoms with van der Waals surface area (Å²) in [6.45, 7) is 3.98. The van der Waals surface area contributed by atoms with Gasteiger partial charge >= 0.3 is 5.97 Å². The van der Waals surface area contributed by atoms with E-state index in [0.717, 1.165) is 18.4 Å². The molecule has 0 saturated carbocycles. The molecule has 0 unspecified atom stereocenters. The van der Waals surface area contributed by atoms with E-state index in [4.69, 9.17) is 4.74 Å². The van der Waals surface area contributed by atoms with Gasteiger partial charge in [-0.3, -0.25) is 0 Å². The number of hydrogen-bond acceptors (Lipinski definition) is 2. The number of rotatable bonds is 6. The average Bonchev–Trinajstić information content (AvgIpc) is 2.32. The standard InChI is InChI=1S/C15H20O2/c1-3-5-6-10-13-11-7-8-12-14(13)17-15(16)9-4-2/h4,7-9,11-12H,3,5-6,10H2,1-2H3. The summed E-state index contributed by atoms with van der Waals surface area (Å²) in [6, 6.07) is 7.74. The van der Waals surface area contributed by atoms with Gasteiger partial charge in [0.15, 0.2) is 0 Å². The highest BCUT2D eigenvalue weighted by atomic mass is 16.5. The summed E-state index contributed by atoms with van der Waals surface area (Å²) in [6.07, 6.45) is 7.62. The van der Waals surface area contributed by atoms with Crippen molar-refractivity contribution < 1.29 is 9.53 Å². The summed E-state index contributed by atoms with van der Waals surface area (Å²) in [5, 5.41) is 0. The minimum Gasteiger partial charge on any atom is -0.423 e. The first kappa shape index (κ1) is 13.5. The quantitative estimate of drug-likeness (QED) is 0.322. The zero-order valence-electron chi connectivity index (χ0n) is 10.6. The fourth-order valence-corrected chi connectivity index (χ4v) is 1.65. The van der Waals surface area contributed by atoms with Crippen LogP contribution in [0.2, 0.25) is 0 Å². The van der Waals surface area contributed by atoms with E-state index in [1.165, 1.54) is 18.9 Å². The molecular weight excluding hydrogens is 212 g/mol. The summed E-state index contributed by atoms with van der Waals surface area (Å²) in [5.41, 5.74) is 1.11. The van der Waals surface area contributed by atoms with Gasteiger partial charge in [0.25, 0.3) is 0 Å². The van der Waals surface area contributed by atoms with Crippen molar-refractivity contribution in [1.29, 1.82) is 0 Å². The maximum absolute atomic E-state index is 11.4. The molecule has 1 aromatic rings. The van der Waals surface area contributed by atoms with Gasteiger partial charge in [0.05, 0.1) is 0 Å². The molecule has 92 valence electrons. The van der Waals surface area contributed by atoms with Gasteiger partial charge in [-0.1, -0.05) is 44.0 Å². The molecule has 0 spiro atoms. The van der Waals surface area contributed by atoms with Crippen LogP contribution in [0, 0.1) is 0 Å². The van der Waals surface area contributed by atoms with Crippen molar-refractivity contribution >= 4 is 5.97 Å². The van der Waals surface area contributed by atoms with Gasteiger partial charge < -0.3 is 4.74 Å². The Hall–Kier alpha value is -1.57. The highest BCUT2D eigenvalue weighted by molar-refractivity contribution is 5.84. The molecule has 0 radical (unpaired) electrons. The van der Waals surface area contributed by atoms with Crippen LogP contribution < -0.4 is 4.74 Å². The van der Waals surface area contributed by atoms with Crippen LogP contribution in [0.3, 0.4) is 0 Å². The van der Waals surface area contributed by atoms with Crippen LogP contribution in [0.5, 0.6) is 5.75 Å². The number of aryl methyl sites for hydroxylation is 1. The van der Waals surface area contributed by atoms with Crippen LogP contribution in [-0.4, -0.2) is 5.97 Å². The molecule has 0 fully saturated rings. The average molecular weight is 232 g/mol. The van der Waals surface area contributed by atoms with Crippen molar-refractivity contribution in [3.05, 3.63) is 42.0 Å². The van der Waals surface area contributed by atoms with Crippen molar-refractivity contribution in [2.75, 3.05) is 0 Å². The molecule has 0 N–H and O–H groups in total. The number of para-hydroxylation sites is 1. The van der Waals surface area contributed by atoms with E-state index in [-0.39, 0.29) is 5.97 Å². The molecule has 0 aliphatic heterocycles. The first-order valence-electron chi connectivity index (χ1n) is 6.20. The molecule has 0 amide bonds. The van der Waals surface area contributed by atoms with Crippen molar-refractivity contribution in [3.63, 3.8) is 0 Å². The Bertz CT molecular complexity index is 380. The predicted octanol–water partition coefficient (Wildman–Crippen LogP) is 3.90. The van der Waals surface area contributed by atoms with E-state index in [9.17, 15) is 4.79 Å². The lowest BCUT2D eigenvalue weighted by Crippen LogP contribution is -2.05. The van der Waals surface area contributed by atoms with Crippen LogP contribution >= 0.6 is 0 Å². The van der Waals surface area contributed by atoms with Gasteiger partial charge in [-0.15, -0.1) is 0 Å². The third-order valence-corrected chi connectivity index (χ3v) is 2.54. The van der Waals surface area contributed by atoms with Gasteiger partial charge in [0, 0.05) is 6.08 Å². The van der Waals surface area contributed by atoms with Crippen molar-refractivity contribution in [3.8, 4) is 5.75 Å². The first-order chi connectivity index (χ1) is 8.27. The number of benzene rings is 1. The maximum atomic E-state index is 11.4. The van der Waals surface area contributed by atoms with Crippen molar-refractivity contribution in [2.45, 2.75) is 39.5 Å². The highest BCUT2D eigenvalue weighted by Gasteiger charge is 2.05. The van der Waals surface area contributed by atoms with E-state index < -0.39 is 0 Å². The molecule has 2 nitrogen and oxygen atoms in total. The molecule has 2 heteroatoms. The number of unbranched alkanes of at least 4 members (excludes halogenated alkanes) is 2. The second kappa shape index (κ2) is 7.66. The molecule has 0 atom stereocenters. The third-order valence-electron chi connectivity index (χ3n) is 2.54. The molecule has 0 aliphatic rings. The van der Waals surface area contributed by atoms with Gasteiger partial charge in [-0.25, -0.2) is 4.79 Å². The molecule has 0 aromatic heterocycles. The van der Waals surface area contributed by atoms with Gasteiger partial charge in [-0.2, -0.15) is 0 Å². The minimum absolute atomic E-state index is 0.310. The van der Waals surface area contributed by atoms with Crippen molar-refractivity contribution in [2.24, 2.45) is 0 Å². The van der Waals surface area contributed by atoms with Crippen LogP contribution in [0.1, 0.15) is 38.7 Å². The molecule has 0 saturated heterocycles. The predicted molar refractivity (Wildman–Crippen MR) is 70.1 cm³/mol. The van der Waals surface area contributed by atoms with Gasteiger partial charge in [-0.05, 0) is 31.4 Å². The Kier molecular flexibility index (Phi) is 6.08. The summed E-state index contributed by atoms with van der Waals surface area (Å²) >= 11 is 0. The largest absolute Gasteiger partial charge is 0.423 e. The Morgan fingerprint density at radius 3 is 2.76 bits per heavy atom. The Morgan fingerprint density at radius 2 is 2.06 bits per heavy atom. The number of carbonyl (C=O) groups is 1. The van der Waals surface area contributed by atoms with E-state index >= 15 is 0 Å². The maximum Gasteiger partial charge on any atom is 0.335 e. The third kappa shape index (κ3) is 4.85. The molecule has 0 aliphatic carbocycles. The Balaban J connectivity index is 2.66. The summed E-state index contributed by atoms with van der Waals surface area (Å²) in [5.74, 6) is 0.377. The van der Waals surface area contributed by atoms with Crippen LogP contribution in [0.25, 0.3) is 0 Å². The van der Waals surface area contributed by atoms with E-state index in [1.54, 1.807) is 13.0 Å². The smallest absolute Gasteiger partial charge is 0.335 e. The molecule has 17 heavy (non-hydrogen) atoms. The second-order valence-electron chi connectivity index (χ2n) is 3.99. The topological polar surface area (TPSA) is 26.3 Å². The minimum atomic E-state index is -0.310. The van der Waals surface area contributed by atoms with Crippen LogP contribution in [0.4, 0.5) is 0 Å². The number of ether oxygens (including phenoxy) is 1. The molecular formula is C15H20O2. The van der Waals surface area contributed by atoms with Gasteiger partial charge in [0.2, 0.25) is 0 Å². The number of esters is 1. The molecule has 0 bridgehead atoms. The monoisotopic (exact) mass is 232 g/mol. The van der Waals surface area contributed by atoms with Gasteiger partial charge in [0.1, 0.15) is 5.75 Å². The summed E-state index contributed by atoms with van der Waals surface area (Å²) in [7, 11) is 0. The number of carbonyl (C=O) groups excluding carboxylic acids is 1. The number of hydrogen-bond donors (Lipinski definition) is 0. The first-order valence-corrected chi connectivity index (χ1v) is 6.20. The highest BCUT2D eigenvalue weighted by Crippen LogP contribution is 2.20. The van der Waals surface area contributed by atoms with E-state index in [1.807, 2.05) is 24.3 Å². The normalized spacial score (nSPS) is 10.7. The fourth-order valence-electron chi connectivity index (χ4n) is 1.65. The van der Waals surface area contributed by atoms with Crippen LogP contribution in [0.15, 0.2) is 36.4 Å².